The van der Waals surface area contributed by atoms with Crippen molar-refractivity contribution in [1.82, 2.24) is 9.59 Å². The SMILES string of the molecule is O=C(C=Cc1csnn1)c1ccc(I)cc1. The number of aromatic nitrogens is 2. The van der Waals surface area contributed by atoms with Crippen LogP contribution < -0.4 is 0 Å². The van der Waals surface area contributed by atoms with Crippen LogP contribution in [0.5, 0.6) is 0 Å². The summed E-state index contributed by atoms with van der Waals surface area (Å²) in [6.07, 6.45) is 3.18. The molecule has 0 amide bonds. The molecule has 0 saturated heterocycles. The van der Waals surface area contributed by atoms with Gasteiger partial charge in [-0.1, -0.05) is 16.6 Å². The van der Waals surface area contributed by atoms with Crippen LogP contribution in [0.1, 0.15) is 16.1 Å². The van der Waals surface area contributed by atoms with Crippen LogP contribution in [-0.2, 0) is 0 Å². The van der Waals surface area contributed by atoms with Crippen molar-refractivity contribution < 1.29 is 4.79 Å². The summed E-state index contributed by atoms with van der Waals surface area (Å²) in [5.41, 5.74) is 1.39. The molecule has 0 unspecified atom stereocenters. The largest absolute Gasteiger partial charge is 0.289 e. The molecule has 3 nitrogen and oxygen atoms in total. The lowest BCUT2D eigenvalue weighted by Gasteiger charge is -1.95. The Balaban J connectivity index is 2.11. The zero-order valence-electron chi connectivity index (χ0n) is 8.13. The fourth-order valence-corrected chi connectivity index (χ4v) is 1.90. The highest BCUT2D eigenvalue weighted by molar-refractivity contribution is 14.1. The van der Waals surface area contributed by atoms with Gasteiger partial charge in [0.2, 0.25) is 0 Å². The van der Waals surface area contributed by atoms with E-state index in [2.05, 4.69) is 32.2 Å². The lowest BCUT2D eigenvalue weighted by molar-refractivity contribution is 0.104. The molecule has 2 aromatic rings. The molecule has 80 valence electrons. The normalized spacial score (nSPS) is 10.8. The topological polar surface area (TPSA) is 42.9 Å². The molecule has 0 N–H and O–H groups in total. The predicted molar refractivity (Wildman–Crippen MR) is 72.4 cm³/mol. The Morgan fingerprint density at radius 3 is 2.69 bits per heavy atom. The van der Waals surface area contributed by atoms with E-state index < -0.39 is 0 Å². The smallest absolute Gasteiger partial charge is 0.185 e. The molecule has 0 atom stereocenters. The molecule has 2 rings (SSSR count). The average Bonchev–Trinajstić information content (AvgIpc) is 2.80. The summed E-state index contributed by atoms with van der Waals surface area (Å²) >= 11 is 3.47. The summed E-state index contributed by atoms with van der Waals surface area (Å²) in [5.74, 6) is -0.0237. The van der Waals surface area contributed by atoms with Crippen molar-refractivity contribution in [2.24, 2.45) is 0 Å². The first-order chi connectivity index (χ1) is 7.75. The zero-order valence-corrected chi connectivity index (χ0v) is 11.1. The van der Waals surface area contributed by atoms with Crippen LogP contribution in [-0.4, -0.2) is 15.4 Å². The monoisotopic (exact) mass is 342 g/mol. The van der Waals surface area contributed by atoms with Crippen molar-refractivity contribution in [3.05, 3.63) is 50.5 Å². The number of ketones is 1. The van der Waals surface area contributed by atoms with Crippen LogP contribution in [0.3, 0.4) is 0 Å². The van der Waals surface area contributed by atoms with Gasteiger partial charge in [-0.15, -0.1) is 5.10 Å². The zero-order chi connectivity index (χ0) is 11.4. The molecule has 0 aliphatic rings. The maximum absolute atomic E-state index is 11.7. The van der Waals surface area contributed by atoms with Gasteiger partial charge >= 0.3 is 0 Å². The molecule has 0 spiro atoms. The summed E-state index contributed by atoms with van der Waals surface area (Å²) in [4.78, 5) is 11.7. The Morgan fingerprint density at radius 2 is 2.06 bits per heavy atom. The van der Waals surface area contributed by atoms with E-state index in [0.29, 0.717) is 11.3 Å². The number of allylic oxidation sites excluding steroid dienone is 1. The lowest BCUT2D eigenvalue weighted by Crippen LogP contribution is -1.93. The van der Waals surface area contributed by atoms with E-state index in [0.717, 1.165) is 3.57 Å². The summed E-state index contributed by atoms with van der Waals surface area (Å²) in [7, 11) is 0. The Hall–Kier alpha value is -1.08. The average molecular weight is 342 g/mol. The van der Waals surface area contributed by atoms with E-state index in [1.54, 1.807) is 11.5 Å². The molecule has 0 fully saturated rings. The van der Waals surface area contributed by atoms with Crippen molar-refractivity contribution in [2.45, 2.75) is 0 Å². The molecule has 16 heavy (non-hydrogen) atoms. The second-order valence-corrected chi connectivity index (χ2v) is 4.89. The van der Waals surface area contributed by atoms with Gasteiger partial charge in [-0.25, -0.2) is 0 Å². The number of carbonyl (C=O) groups excluding carboxylic acids is 1. The van der Waals surface area contributed by atoms with Crippen LogP contribution in [0.2, 0.25) is 0 Å². The number of carbonyl (C=O) groups is 1. The molecule has 0 aliphatic heterocycles. The maximum atomic E-state index is 11.7. The van der Waals surface area contributed by atoms with Gasteiger partial charge in [-0.2, -0.15) is 0 Å². The van der Waals surface area contributed by atoms with Gasteiger partial charge in [-0.3, -0.25) is 4.79 Å². The van der Waals surface area contributed by atoms with E-state index in [4.69, 9.17) is 0 Å². The van der Waals surface area contributed by atoms with Crippen LogP contribution in [0.4, 0.5) is 0 Å². The first-order valence-electron chi connectivity index (χ1n) is 4.51. The van der Waals surface area contributed by atoms with E-state index >= 15 is 0 Å². The summed E-state index contributed by atoms with van der Waals surface area (Å²) in [6.45, 7) is 0. The van der Waals surface area contributed by atoms with Crippen LogP contribution in [0.15, 0.2) is 35.7 Å². The number of hydrogen-bond donors (Lipinski definition) is 0. The van der Waals surface area contributed by atoms with Gasteiger partial charge in [0.05, 0.1) is 5.69 Å². The number of benzene rings is 1. The summed E-state index contributed by atoms with van der Waals surface area (Å²) in [5, 5.41) is 5.61. The van der Waals surface area contributed by atoms with E-state index in [1.807, 2.05) is 24.3 Å². The highest BCUT2D eigenvalue weighted by atomic mass is 127. The number of halogens is 1. The lowest BCUT2D eigenvalue weighted by atomic mass is 10.1. The van der Waals surface area contributed by atoms with Crippen LogP contribution in [0, 0.1) is 3.57 Å². The van der Waals surface area contributed by atoms with Gasteiger partial charge in [0, 0.05) is 14.5 Å². The Morgan fingerprint density at radius 1 is 1.31 bits per heavy atom. The molecule has 1 aromatic carbocycles. The molecule has 0 aliphatic carbocycles. The number of nitrogens with zero attached hydrogens (tertiary/aromatic N) is 2. The second-order valence-electron chi connectivity index (χ2n) is 3.03. The molecule has 0 radical (unpaired) electrons. The second kappa shape index (κ2) is 5.31. The fourth-order valence-electron chi connectivity index (χ4n) is 1.12. The molecule has 5 heteroatoms. The third kappa shape index (κ3) is 2.96. The Kier molecular flexibility index (Phi) is 3.79. The van der Waals surface area contributed by atoms with E-state index in [-0.39, 0.29) is 5.78 Å². The summed E-state index contributed by atoms with van der Waals surface area (Å²) in [6, 6.07) is 7.44. The predicted octanol–water partition coefficient (Wildman–Crippen LogP) is 3.04. The van der Waals surface area contributed by atoms with Crippen molar-refractivity contribution in [3.63, 3.8) is 0 Å². The molecule has 1 aromatic heterocycles. The standard InChI is InChI=1S/C11H7IN2OS/c12-9-3-1-8(2-4-9)11(15)6-5-10-7-16-14-13-10/h1-7H. The van der Waals surface area contributed by atoms with Gasteiger partial charge in [0.15, 0.2) is 5.78 Å². The first-order valence-corrected chi connectivity index (χ1v) is 6.42. The third-order valence-corrected chi connectivity index (χ3v) is 3.15. The van der Waals surface area contributed by atoms with Gasteiger partial charge in [-0.05, 0) is 58.4 Å². The van der Waals surface area contributed by atoms with E-state index in [9.17, 15) is 4.79 Å². The fraction of sp³-hybridized carbons (Fsp3) is 0. The molecule has 1 heterocycles. The minimum Gasteiger partial charge on any atom is -0.289 e. The maximum Gasteiger partial charge on any atom is 0.185 e. The molecule has 0 saturated carbocycles. The van der Waals surface area contributed by atoms with E-state index in [1.165, 1.54) is 17.6 Å². The molecular weight excluding hydrogens is 335 g/mol. The Bertz CT molecular complexity index is 505. The molecular formula is C11H7IN2OS. The van der Waals surface area contributed by atoms with Crippen LogP contribution in [0.25, 0.3) is 6.08 Å². The highest BCUT2D eigenvalue weighted by Gasteiger charge is 2.01. The highest BCUT2D eigenvalue weighted by Crippen LogP contribution is 2.09. The van der Waals surface area contributed by atoms with Crippen molar-refractivity contribution in [3.8, 4) is 0 Å². The summed E-state index contributed by atoms with van der Waals surface area (Å²) < 4.78 is 4.83. The minimum atomic E-state index is -0.0237. The van der Waals surface area contributed by atoms with Gasteiger partial charge in [0.25, 0.3) is 0 Å². The van der Waals surface area contributed by atoms with Gasteiger partial charge < -0.3 is 0 Å². The van der Waals surface area contributed by atoms with Crippen LogP contribution >= 0.6 is 34.1 Å². The van der Waals surface area contributed by atoms with Crippen molar-refractivity contribution in [2.75, 3.05) is 0 Å². The number of hydrogen-bond acceptors (Lipinski definition) is 4. The first kappa shape index (κ1) is 11.4. The Labute approximate surface area is 111 Å². The number of rotatable bonds is 3. The quantitative estimate of drug-likeness (QED) is 0.489. The third-order valence-electron chi connectivity index (χ3n) is 1.91. The molecule has 0 bridgehead atoms. The van der Waals surface area contributed by atoms with Crippen molar-refractivity contribution >= 4 is 46.0 Å². The minimum absolute atomic E-state index is 0.0237. The van der Waals surface area contributed by atoms with Crippen molar-refractivity contribution in [1.29, 1.82) is 0 Å². The van der Waals surface area contributed by atoms with Gasteiger partial charge in [0.1, 0.15) is 0 Å².